The minimum absolute atomic E-state index is 0.444. The highest BCUT2D eigenvalue weighted by molar-refractivity contribution is 9.10. The van der Waals surface area contributed by atoms with Crippen molar-refractivity contribution in [3.05, 3.63) is 28.5 Å². The van der Waals surface area contributed by atoms with E-state index in [0.717, 1.165) is 10.2 Å². The van der Waals surface area contributed by atoms with E-state index in [1.807, 2.05) is 6.92 Å². The third-order valence-corrected chi connectivity index (χ3v) is 2.33. The number of rotatable bonds is 3. The lowest BCUT2D eigenvalue weighted by Crippen LogP contribution is -2.10. The molecule has 3 nitrogen and oxygen atoms in total. The minimum atomic E-state index is -0.799. The highest BCUT2D eigenvalue weighted by Crippen LogP contribution is 2.19. The van der Waals surface area contributed by atoms with E-state index in [1.54, 1.807) is 18.3 Å². The molecule has 0 spiro atoms. The zero-order valence-corrected chi connectivity index (χ0v) is 8.78. The lowest BCUT2D eigenvalue weighted by molar-refractivity contribution is -0.138. The largest absolute Gasteiger partial charge is 0.481 e. The van der Waals surface area contributed by atoms with Crippen molar-refractivity contribution >= 4 is 21.9 Å². The van der Waals surface area contributed by atoms with E-state index < -0.39 is 11.9 Å². The van der Waals surface area contributed by atoms with Gasteiger partial charge in [-0.15, -0.1) is 0 Å². The molecule has 0 radical (unpaired) electrons. The van der Waals surface area contributed by atoms with Gasteiger partial charge in [-0.3, -0.25) is 4.79 Å². The van der Waals surface area contributed by atoms with Crippen molar-refractivity contribution < 1.29 is 9.90 Å². The number of nitrogens with zero attached hydrogens (tertiary/aromatic N) is 1. The number of pyridine rings is 1. The summed E-state index contributed by atoms with van der Waals surface area (Å²) in [5, 5.41) is 8.86. The van der Waals surface area contributed by atoms with Crippen LogP contribution in [-0.2, 0) is 4.79 Å². The van der Waals surface area contributed by atoms with E-state index in [9.17, 15) is 4.79 Å². The molecular weight excluding hydrogens is 234 g/mol. The van der Waals surface area contributed by atoms with Crippen LogP contribution in [0.15, 0.2) is 22.9 Å². The van der Waals surface area contributed by atoms with Crippen molar-refractivity contribution in [3.8, 4) is 0 Å². The molecule has 4 heteroatoms. The lowest BCUT2D eigenvalue weighted by Gasteiger charge is -2.08. The Morgan fingerprint density at radius 2 is 2.38 bits per heavy atom. The van der Waals surface area contributed by atoms with Crippen molar-refractivity contribution in [1.82, 2.24) is 4.98 Å². The molecule has 1 atom stereocenters. The molecule has 1 heterocycles. The summed E-state index contributed by atoms with van der Waals surface area (Å²) in [5.74, 6) is -1.24. The molecule has 1 rings (SSSR count). The quantitative estimate of drug-likeness (QED) is 0.830. The summed E-state index contributed by atoms with van der Waals surface area (Å²) in [6, 6.07) is 3.53. The van der Waals surface area contributed by atoms with Crippen molar-refractivity contribution in [2.75, 3.05) is 0 Å². The third-order valence-electron chi connectivity index (χ3n) is 1.86. The first kappa shape index (κ1) is 10.2. The Balaban J connectivity index is 2.92. The molecule has 0 aliphatic carbocycles. The van der Waals surface area contributed by atoms with Crippen molar-refractivity contribution in [3.63, 3.8) is 0 Å². The summed E-state index contributed by atoms with van der Waals surface area (Å²) in [5.41, 5.74) is 0.748. The van der Waals surface area contributed by atoms with Crippen molar-refractivity contribution in [2.45, 2.75) is 19.3 Å². The monoisotopic (exact) mass is 243 g/mol. The van der Waals surface area contributed by atoms with Crippen LogP contribution < -0.4 is 0 Å². The van der Waals surface area contributed by atoms with Gasteiger partial charge in [0.05, 0.1) is 5.92 Å². The minimum Gasteiger partial charge on any atom is -0.481 e. The number of hydrogen-bond acceptors (Lipinski definition) is 2. The number of aliphatic carboxylic acids is 1. The smallest absolute Gasteiger partial charge is 0.311 e. The number of halogens is 1. The van der Waals surface area contributed by atoms with E-state index >= 15 is 0 Å². The van der Waals surface area contributed by atoms with Gasteiger partial charge in [-0.1, -0.05) is 13.0 Å². The van der Waals surface area contributed by atoms with Crippen molar-refractivity contribution in [2.24, 2.45) is 0 Å². The summed E-state index contributed by atoms with van der Waals surface area (Å²) < 4.78 is 0.719. The van der Waals surface area contributed by atoms with Gasteiger partial charge in [0, 0.05) is 6.20 Å². The molecule has 0 bridgehead atoms. The Hall–Kier alpha value is -0.900. The van der Waals surface area contributed by atoms with Crippen molar-refractivity contribution in [1.29, 1.82) is 0 Å². The average molecular weight is 244 g/mol. The number of carbonyl (C=O) groups is 1. The van der Waals surface area contributed by atoms with Crippen LogP contribution >= 0.6 is 15.9 Å². The number of carboxylic acid groups (broad SMARTS) is 1. The second kappa shape index (κ2) is 4.37. The van der Waals surface area contributed by atoms with Gasteiger partial charge in [0.1, 0.15) is 4.60 Å². The molecular formula is C9H10BrNO2. The molecule has 0 aromatic carbocycles. The molecule has 1 N–H and O–H groups in total. The number of aromatic nitrogens is 1. The Morgan fingerprint density at radius 1 is 1.69 bits per heavy atom. The summed E-state index contributed by atoms with van der Waals surface area (Å²) in [6.07, 6.45) is 2.17. The zero-order valence-electron chi connectivity index (χ0n) is 7.20. The number of carboxylic acids is 1. The van der Waals surface area contributed by atoms with Gasteiger partial charge in [0.15, 0.2) is 0 Å². The zero-order chi connectivity index (χ0) is 9.84. The van der Waals surface area contributed by atoms with Gasteiger partial charge in [-0.25, -0.2) is 4.98 Å². The second-order valence-electron chi connectivity index (χ2n) is 2.71. The first-order chi connectivity index (χ1) is 6.15. The maximum atomic E-state index is 10.8. The molecule has 1 aromatic heterocycles. The van der Waals surface area contributed by atoms with Gasteiger partial charge in [-0.05, 0) is 34.0 Å². The summed E-state index contributed by atoms with van der Waals surface area (Å²) >= 11 is 3.19. The fraction of sp³-hybridized carbons (Fsp3) is 0.333. The molecule has 0 fully saturated rings. The average Bonchev–Trinajstić information content (AvgIpc) is 2.09. The molecule has 1 unspecified atom stereocenters. The van der Waals surface area contributed by atoms with Gasteiger partial charge < -0.3 is 5.11 Å². The predicted molar refractivity (Wildman–Crippen MR) is 52.6 cm³/mol. The molecule has 0 aliphatic heterocycles. The SMILES string of the molecule is CCC(C(=O)O)c1ccc(Br)nc1. The molecule has 0 saturated carbocycles. The van der Waals surface area contributed by atoms with E-state index in [4.69, 9.17) is 5.11 Å². The third kappa shape index (κ3) is 2.52. The fourth-order valence-electron chi connectivity index (χ4n) is 1.15. The Labute approximate surface area is 84.9 Å². The second-order valence-corrected chi connectivity index (χ2v) is 3.53. The molecule has 0 aliphatic rings. The summed E-state index contributed by atoms with van der Waals surface area (Å²) in [6.45, 7) is 1.85. The fourth-order valence-corrected chi connectivity index (χ4v) is 1.38. The topological polar surface area (TPSA) is 50.2 Å². The van der Waals surface area contributed by atoms with Crippen LogP contribution in [0.2, 0.25) is 0 Å². The predicted octanol–water partition coefficient (Wildman–Crippen LogP) is 2.42. The first-order valence-electron chi connectivity index (χ1n) is 3.99. The van der Waals surface area contributed by atoms with Crippen LogP contribution in [0.1, 0.15) is 24.8 Å². The Bertz CT molecular complexity index is 297. The van der Waals surface area contributed by atoms with E-state index in [0.29, 0.717) is 6.42 Å². The van der Waals surface area contributed by atoms with Crippen LogP contribution in [0.25, 0.3) is 0 Å². The van der Waals surface area contributed by atoms with E-state index in [1.165, 1.54) is 0 Å². The molecule has 0 amide bonds. The lowest BCUT2D eigenvalue weighted by atomic mass is 9.99. The molecule has 70 valence electrons. The molecule has 0 saturated heterocycles. The van der Waals surface area contributed by atoms with Crippen LogP contribution in [-0.4, -0.2) is 16.1 Å². The standard InChI is InChI=1S/C9H10BrNO2/c1-2-7(9(12)13)6-3-4-8(10)11-5-6/h3-5,7H,2H2,1H3,(H,12,13). The molecule has 1 aromatic rings. The number of hydrogen-bond donors (Lipinski definition) is 1. The van der Waals surface area contributed by atoms with E-state index in [-0.39, 0.29) is 0 Å². The van der Waals surface area contributed by atoms with E-state index in [2.05, 4.69) is 20.9 Å². The van der Waals surface area contributed by atoms with Crippen LogP contribution in [0.5, 0.6) is 0 Å². The van der Waals surface area contributed by atoms with Gasteiger partial charge in [-0.2, -0.15) is 0 Å². The maximum absolute atomic E-state index is 10.8. The van der Waals surface area contributed by atoms with Crippen LogP contribution in [0.4, 0.5) is 0 Å². The summed E-state index contributed by atoms with van der Waals surface area (Å²) in [4.78, 5) is 14.8. The van der Waals surface area contributed by atoms with Gasteiger partial charge in [0.25, 0.3) is 0 Å². The van der Waals surface area contributed by atoms with Crippen LogP contribution in [0, 0.1) is 0 Å². The Morgan fingerprint density at radius 3 is 2.77 bits per heavy atom. The maximum Gasteiger partial charge on any atom is 0.311 e. The summed E-state index contributed by atoms with van der Waals surface area (Å²) in [7, 11) is 0. The highest BCUT2D eigenvalue weighted by Gasteiger charge is 2.17. The van der Waals surface area contributed by atoms with Gasteiger partial charge in [0.2, 0.25) is 0 Å². The van der Waals surface area contributed by atoms with Crippen LogP contribution in [0.3, 0.4) is 0 Å². The molecule has 13 heavy (non-hydrogen) atoms. The Kier molecular flexibility index (Phi) is 3.42. The van der Waals surface area contributed by atoms with Gasteiger partial charge >= 0.3 is 5.97 Å². The normalized spacial score (nSPS) is 12.5. The first-order valence-corrected chi connectivity index (χ1v) is 4.78. The highest BCUT2D eigenvalue weighted by atomic mass is 79.9.